The molecule has 0 aliphatic rings. The van der Waals surface area contributed by atoms with Gasteiger partial charge >= 0.3 is 0 Å². The highest BCUT2D eigenvalue weighted by Gasteiger charge is 2.23. The molecule has 25 heavy (non-hydrogen) atoms. The maximum atomic E-state index is 12.3. The number of carbonyl (C=O) groups excluding carboxylic acids is 1. The van der Waals surface area contributed by atoms with Crippen molar-refractivity contribution in [1.29, 1.82) is 0 Å². The van der Waals surface area contributed by atoms with E-state index in [-0.39, 0.29) is 16.7 Å². The van der Waals surface area contributed by atoms with Crippen LogP contribution >= 0.6 is 34.7 Å². The van der Waals surface area contributed by atoms with Gasteiger partial charge in [0.2, 0.25) is 11.0 Å². The van der Waals surface area contributed by atoms with Gasteiger partial charge in [0.15, 0.2) is 4.34 Å². The van der Waals surface area contributed by atoms with Crippen LogP contribution in [0.5, 0.6) is 0 Å². The summed E-state index contributed by atoms with van der Waals surface area (Å²) in [4.78, 5) is 12.3. The van der Waals surface area contributed by atoms with Crippen LogP contribution in [-0.4, -0.2) is 26.9 Å². The van der Waals surface area contributed by atoms with Gasteiger partial charge in [0.1, 0.15) is 0 Å². The van der Waals surface area contributed by atoms with Crippen LogP contribution in [0.4, 0.5) is 10.8 Å². The number of hydrogen-bond donors (Lipinski definition) is 2. The molecule has 1 atom stereocenters. The summed E-state index contributed by atoms with van der Waals surface area (Å²) in [5.41, 5.74) is 1.66. The molecule has 1 heterocycles. The normalized spacial score (nSPS) is 12.7. The van der Waals surface area contributed by atoms with Crippen molar-refractivity contribution >= 4 is 51.4 Å². The van der Waals surface area contributed by atoms with Crippen molar-refractivity contribution in [2.45, 2.75) is 56.2 Å². The van der Waals surface area contributed by atoms with Gasteiger partial charge in [0, 0.05) is 16.2 Å². The number of aromatic nitrogens is 2. The zero-order valence-electron chi connectivity index (χ0n) is 15.0. The maximum Gasteiger partial charge on any atom is 0.233 e. The average molecular weight is 399 g/mol. The minimum atomic E-state index is -0.237. The first kappa shape index (κ1) is 20.0. The monoisotopic (exact) mass is 398 g/mol. The lowest BCUT2D eigenvalue weighted by Crippen LogP contribution is -2.46. The molecular weight excluding hydrogens is 376 g/mol. The van der Waals surface area contributed by atoms with Crippen molar-refractivity contribution in [3.8, 4) is 0 Å². The van der Waals surface area contributed by atoms with E-state index in [2.05, 4.69) is 27.8 Å². The van der Waals surface area contributed by atoms with Crippen LogP contribution in [0, 0.1) is 6.92 Å². The molecule has 0 bridgehead atoms. The Kier molecular flexibility index (Phi) is 6.71. The predicted molar refractivity (Wildman–Crippen MR) is 107 cm³/mol. The first-order chi connectivity index (χ1) is 11.7. The van der Waals surface area contributed by atoms with E-state index < -0.39 is 0 Å². The Morgan fingerprint density at radius 2 is 2.12 bits per heavy atom. The molecule has 1 unspecified atom stereocenters. The van der Waals surface area contributed by atoms with Crippen LogP contribution in [0.25, 0.3) is 0 Å². The Bertz CT molecular complexity index is 748. The Morgan fingerprint density at radius 3 is 2.80 bits per heavy atom. The number of benzene rings is 1. The van der Waals surface area contributed by atoms with Gasteiger partial charge in [-0.15, -0.1) is 10.2 Å². The fraction of sp³-hybridized carbons (Fsp3) is 0.471. The smallest absolute Gasteiger partial charge is 0.233 e. The summed E-state index contributed by atoms with van der Waals surface area (Å²) in [5, 5.41) is 15.7. The fourth-order valence-electron chi connectivity index (χ4n) is 1.89. The third-order valence-corrected chi connectivity index (χ3v) is 6.34. The Labute approximate surface area is 162 Å². The summed E-state index contributed by atoms with van der Waals surface area (Å²) in [6.45, 7) is 9.91. The summed E-state index contributed by atoms with van der Waals surface area (Å²) >= 11 is 8.96. The molecule has 0 aliphatic carbocycles. The number of nitrogens with one attached hydrogen (secondary N) is 2. The zero-order chi connectivity index (χ0) is 18.6. The largest absolute Gasteiger partial charge is 0.350 e. The Morgan fingerprint density at radius 1 is 1.40 bits per heavy atom. The number of rotatable bonds is 7. The average Bonchev–Trinajstić information content (AvgIpc) is 2.98. The van der Waals surface area contributed by atoms with Crippen molar-refractivity contribution in [2.24, 2.45) is 0 Å². The number of anilines is 2. The third kappa shape index (κ3) is 5.59. The molecule has 8 heteroatoms. The van der Waals surface area contributed by atoms with E-state index in [4.69, 9.17) is 11.6 Å². The minimum absolute atomic E-state index is 0.00671. The maximum absolute atomic E-state index is 12.3. The number of nitrogens with zero attached hydrogens (tertiary/aromatic N) is 2. The second kappa shape index (κ2) is 8.38. The van der Waals surface area contributed by atoms with E-state index in [0.717, 1.165) is 22.0 Å². The lowest BCUT2D eigenvalue weighted by atomic mass is 10.0. The van der Waals surface area contributed by atoms with Crippen molar-refractivity contribution in [2.75, 3.05) is 5.32 Å². The molecule has 0 spiro atoms. The topological polar surface area (TPSA) is 66.9 Å². The summed E-state index contributed by atoms with van der Waals surface area (Å²) < 4.78 is 0.749. The number of thioether (sulfide) groups is 1. The van der Waals surface area contributed by atoms with Gasteiger partial charge in [-0.1, -0.05) is 47.7 Å². The Hall–Kier alpha value is -1.31. The van der Waals surface area contributed by atoms with Crippen LogP contribution in [0.15, 0.2) is 22.5 Å². The molecule has 0 aliphatic heterocycles. The molecule has 1 amide bonds. The van der Waals surface area contributed by atoms with Gasteiger partial charge in [-0.25, -0.2) is 0 Å². The zero-order valence-corrected chi connectivity index (χ0v) is 17.4. The van der Waals surface area contributed by atoms with Gasteiger partial charge in [-0.3, -0.25) is 4.79 Å². The van der Waals surface area contributed by atoms with Gasteiger partial charge in [-0.05, 0) is 51.8 Å². The van der Waals surface area contributed by atoms with Crippen molar-refractivity contribution in [3.63, 3.8) is 0 Å². The number of halogens is 1. The lowest BCUT2D eigenvalue weighted by molar-refractivity contribution is -0.121. The molecule has 5 nitrogen and oxygen atoms in total. The summed E-state index contributed by atoms with van der Waals surface area (Å²) in [6.07, 6.45) is 0.877. The second-order valence-electron chi connectivity index (χ2n) is 6.40. The molecular formula is C17H23ClN4OS2. The molecule has 0 saturated carbocycles. The van der Waals surface area contributed by atoms with E-state index in [1.54, 1.807) is 0 Å². The molecule has 2 N–H and O–H groups in total. The van der Waals surface area contributed by atoms with Gasteiger partial charge in [0.05, 0.1) is 5.25 Å². The van der Waals surface area contributed by atoms with Crippen LogP contribution in [0.1, 0.15) is 39.7 Å². The SMILES string of the molecule is CCC(C)(C)NC(=O)C(C)Sc1nnc(Nc2cccc(Cl)c2C)s1. The summed E-state index contributed by atoms with van der Waals surface area (Å²) in [5.74, 6) is 0.00671. The molecule has 2 rings (SSSR count). The van der Waals surface area contributed by atoms with E-state index in [1.807, 2.05) is 45.9 Å². The first-order valence-corrected chi connectivity index (χ1v) is 10.1. The van der Waals surface area contributed by atoms with Crippen LogP contribution in [-0.2, 0) is 4.79 Å². The standard InChI is InChI=1S/C17H23ClN4OS2/c1-6-17(4,5)20-14(23)11(3)24-16-22-21-15(25-16)19-13-9-7-8-12(18)10(13)2/h7-9,11H,6H2,1-5H3,(H,19,21)(H,20,23). The van der Waals surface area contributed by atoms with Crippen LogP contribution in [0.2, 0.25) is 5.02 Å². The number of amides is 1. The van der Waals surface area contributed by atoms with Gasteiger partial charge in [-0.2, -0.15) is 0 Å². The molecule has 1 aromatic carbocycles. The van der Waals surface area contributed by atoms with Crippen molar-refractivity contribution in [3.05, 3.63) is 28.8 Å². The van der Waals surface area contributed by atoms with Crippen LogP contribution in [0.3, 0.4) is 0 Å². The third-order valence-electron chi connectivity index (χ3n) is 3.91. The number of hydrogen-bond acceptors (Lipinski definition) is 6. The Balaban J connectivity index is 1.99. The van der Waals surface area contributed by atoms with Crippen molar-refractivity contribution < 1.29 is 4.79 Å². The minimum Gasteiger partial charge on any atom is -0.350 e. The molecule has 136 valence electrons. The highest BCUT2D eigenvalue weighted by Crippen LogP contribution is 2.32. The van der Waals surface area contributed by atoms with Gasteiger partial charge < -0.3 is 10.6 Å². The van der Waals surface area contributed by atoms with E-state index in [1.165, 1.54) is 23.1 Å². The highest BCUT2D eigenvalue weighted by atomic mass is 35.5. The fourth-order valence-corrected chi connectivity index (χ4v) is 3.98. The lowest BCUT2D eigenvalue weighted by Gasteiger charge is -2.26. The first-order valence-electron chi connectivity index (χ1n) is 8.06. The van der Waals surface area contributed by atoms with E-state index in [0.29, 0.717) is 10.2 Å². The predicted octanol–water partition coefficient (Wildman–Crippen LogP) is 5.03. The van der Waals surface area contributed by atoms with Gasteiger partial charge in [0.25, 0.3) is 0 Å². The molecule has 0 saturated heterocycles. The summed E-state index contributed by atoms with van der Waals surface area (Å²) in [6, 6.07) is 5.68. The summed E-state index contributed by atoms with van der Waals surface area (Å²) in [7, 11) is 0. The highest BCUT2D eigenvalue weighted by molar-refractivity contribution is 8.02. The molecule has 2 aromatic rings. The number of carbonyl (C=O) groups is 1. The second-order valence-corrected chi connectivity index (χ2v) is 9.37. The molecule has 0 fully saturated rings. The van der Waals surface area contributed by atoms with E-state index >= 15 is 0 Å². The quantitative estimate of drug-likeness (QED) is 0.640. The van der Waals surface area contributed by atoms with Crippen molar-refractivity contribution in [1.82, 2.24) is 15.5 Å². The van der Waals surface area contributed by atoms with E-state index in [9.17, 15) is 4.79 Å². The molecule has 1 aromatic heterocycles. The van der Waals surface area contributed by atoms with Crippen LogP contribution < -0.4 is 10.6 Å². The molecule has 0 radical (unpaired) electrons.